The van der Waals surface area contributed by atoms with Crippen LogP contribution in [0.25, 0.3) is 0 Å². The molecule has 0 saturated carbocycles. The molecule has 3 heteroatoms. The van der Waals surface area contributed by atoms with Gasteiger partial charge in [-0.1, -0.05) is 0 Å². The molecule has 0 spiro atoms. The molecule has 1 rings (SSSR count). The van der Waals surface area contributed by atoms with Gasteiger partial charge < -0.3 is 15.3 Å². The van der Waals surface area contributed by atoms with Gasteiger partial charge in [-0.3, -0.25) is 0 Å². The van der Waals surface area contributed by atoms with Crippen LogP contribution in [-0.4, -0.2) is 11.7 Å². The summed E-state index contributed by atoms with van der Waals surface area (Å²) in [6.45, 7) is 2.06. The van der Waals surface area contributed by atoms with Gasteiger partial charge >= 0.3 is 0 Å². The van der Waals surface area contributed by atoms with E-state index in [0.717, 1.165) is 11.1 Å². The predicted octanol–water partition coefficient (Wildman–Crippen LogP) is 0.970. The number of aryl methyl sites for hydroxylation is 1. The van der Waals surface area contributed by atoms with Gasteiger partial charge in [0.05, 0.1) is 12.5 Å². The first-order chi connectivity index (χ1) is 5.25. The molecule has 3 N–H and O–H groups in total. The van der Waals surface area contributed by atoms with Crippen molar-refractivity contribution in [1.82, 2.24) is 0 Å². The Kier molecular flexibility index (Phi) is 2.68. The van der Waals surface area contributed by atoms with E-state index < -0.39 is 0 Å². The number of rotatable bonds is 3. The highest BCUT2D eigenvalue weighted by Gasteiger charge is 2.09. The second kappa shape index (κ2) is 3.55. The number of aliphatic hydroxyl groups excluding tert-OH is 1. The molecule has 3 nitrogen and oxygen atoms in total. The summed E-state index contributed by atoms with van der Waals surface area (Å²) >= 11 is 0. The van der Waals surface area contributed by atoms with Crippen LogP contribution in [-0.2, 0) is 0 Å². The van der Waals surface area contributed by atoms with Gasteiger partial charge in [-0.05, 0) is 18.9 Å². The maximum Gasteiger partial charge on any atom is 0.0953 e. The summed E-state index contributed by atoms with van der Waals surface area (Å²) in [6.07, 6.45) is 3.88. The van der Waals surface area contributed by atoms with Crippen LogP contribution in [0, 0.1) is 6.92 Å². The van der Waals surface area contributed by atoms with Crippen molar-refractivity contribution in [2.75, 3.05) is 6.61 Å². The normalized spacial score (nSPS) is 13.4. The topological polar surface area (TPSA) is 59.4 Å². The van der Waals surface area contributed by atoms with Gasteiger partial charge in [-0.2, -0.15) is 0 Å². The van der Waals surface area contributed by atoms with Crippen molar-refractivity contribution in [3.8, 4) is 0 Å². The molecule has 1 unspecified atom stereocenters. The lowest BCUT2D eigenvalue weighted by atomic mass is 10.1. The summed E-state index contributed by atoms with van der Waals surface area (Å²) in [5, 5.41) is 8.62. The Morgan fingerprint density at radius 1 is 1.64 bits per heavy atom. The number of nitrogens with two attached hydrogens (primary N) is 1. The molecule has 62 valence electrons. The summed E-state index contributed by atoms with van der Waals surface area (Å²) in [5.41, 5.74) is 7.76. The molecule has 0 aromatic carbocycles. The lowest BCUT2D eigenvalue weighted by molar-refractivity contribution is 0.276. The van der Waals surface area contributed by atoms with E-state index in [1.807, 2.05) is 6.92 Å². The molecule has 1 heterocycles. The maximum absolute atomic E-state index is 8.62. The lowest BCUT2D eigenvalue weighted by Gasteiger charge is -2.07. The molecule has 0 aliphatic heterocycles. The van der Waals surface area contributed by atoms with Gasteiger partial charge in [0.25, 0.3) is 0 Å². The smallest absolute Gasteiger partial charge is 0.0953 e. The van der Waals surface area contributed by atoms with Gasteiger partial charge in [-0.15, -0.1) is 0 Å². The summed E-state index contributed by atoms with van der Waals surface area (Å²) in [5.74, 6) is 0. The molecule has 0 saturated heterocycles. The van der Waals surface area contributed by atoms with Crippen molar-refractivity contribution in [1.29, 1.82) is 0 Å². The van der Waals surface area contributed by atoms with Crippen molar-refractivity contribution in [3.63, 3.8) is 0 Å². The molecule has 0 fully saturated rings. The van der Waals surface area contributed by atoms with E-state index in [9.17, 15) is 0 Å². The standard InChI is InChI=1S/C8H13NO2/c1-6-4-11-5-7(6)8(9)2-3-10/h4-5,8,10H,2-3,9H2,1H3. The van der Waals surface area contributed by atoms with Gasteiger partial charge in [0, 0.05) is 18.2 Å². The van der Waals surface area contributed by atoms with E-state index in [2.05, 4.69) is 0 Å². The van der Waals surface area contributed by atoms with Crippen molar-refractivity contribution in [2.24, 2.45) is 5.73 Å². The van der Waals surface area contributed by atoms with E-state index in [4.69, 9.17) is 15.3 Å². The van der Waals surface area contributed by atoms with Crippen LogP contribution < -0.4 is 5.73 Å². The highest BCUT2D eigenvalue weighted by atomic mass is 16.3. The van der Waals surface area contributed by atoms with Crippen molar-refractivity contribution >= 4 is 0 Å². The van der Waals surface area contributed by atoms with Crippen molar-refractivity contribution < 1.29 is 9.52 Å². The Bertz CT molecular complexity index is 220. The third-order valence-electron chi connectivity index (χ3n) is 1.73. The first-order valence-corrected chi connectivity index (χ1v) is 3.65. The third-order valence-corrected chi connectivity index (χ3v) is 1.73. The van der Waals surface area contributed by atoms with Gasteiger partial charge in [0.2, 0.25) is 0 Å². The molecule has 1 aromatic heterocycles. The van der Waals surface area contributed by atoms with Crippen LogP contribution in [0.2, 0.25) is 0 Å². The average molecular weight is 155 g/mol. The van der Waals surface area contributed by atoms with Crippen LogP contribution in [0.5, 0.6) is 0 Å². The number of hydrogen-bond donors (Lipinski definition) is 2. The van der Waals surface area contributed by atoms with Crippen LogP contribution >= 0.6 is 0 Å². The van der Waals surface area contributed by atoms with Gasteiger partial charge in [0.1, 0.15) is 0 Å². The molecule has 0 aliphatic carbocycles. The second-order valence-electron chi connectivity index (χ2n) is 2.63. The van der Waals surface area contributed by atoms with Gasteiger partial charge in [0.15, 0.2) is 0 Å². The summed E-state index contributed by atoms with van der Waals surface area (Å²) in [6, 6.07) is -0.0984. The Morgan fingerprint density at radius 3 is 2.82 bits per heavy atom. The zero-order valence-electron chi connectivity index (χ0n) is 6.58. The first kappa shape index (κ1) is 8.30. The molecule has 0 aliphatic rings. The fourth-order valence-electron chi connectivity index (χ4n) is 1.04. The van der Waals surface area contributed by atoms with E-state index in [0.29, 0.717) is 6.42 Å². The quantitative estimate of drug-likeness (QED) is 0.683. The number of hydrogen-bond acceptors (Lipinski definition) is 3. The van der Waals surface area contributed by atoms with E-state index in [1.165, 1.54) is 0 Å². The van der Waals surface area contributed by atoms with E-state index >= 15 is 0 Å². The molecule has 11 heavy (non-hydrogen) atoms. The van der Waals surface area contributed by atoms with E-state index in [-0.39, 0.29) is 12.6 Å². The minimum absolute atomic E-state index is 0.0984. The maximum atomic E-state index is 8.62. The number of aliphatic hydroxyl groups is 1. The van der Waals surface area contributed by atoms with Crippen molar-refractivity contribution in [2.45, 2.75) is 19.4 Å². The first-order valence-electron chi connectivity index (χ1n) is 3.65. The third kappa shape index (κ3) is 1.82. The lowest BCUT2D eigenvalue weighted by Crippen LogP contribution is -2.11. The fraction of sp³-hybridized carbons (Fsp3) is 0.500. The minimum atomic E-state index is -0.0984. The molecule has 1 aromatic rings. The Morgan fingerprint density at radius 2 is 2.36 bits per heavy atom. The Balaban J connectivity index is 2.67. The molecular formula is C8H13NO2. The van der Waals surface area contributed by atoms with Gasteiger partial charge in [-0.25, -0.2) is 0 Å². The monoisotopic (exact) mass is 155 g/mol. The van der Waals surface area contributed by atoms with Crippen LogP contribution in [0.3, 0.4) is 0 Å². The highest BCUT2D eigenvalue weighted by molar-refractivity contribution is 5.22. The molecule has 1 atom stereocenters. The predicted molar refractivity (Wildman–Crippen MR) is 42.1 cm³/mol. The minimum Gasteiger partial charge on any atom is -0.472 e. The van der Waals surface area contributed by atoms with E-state index in [1.54, 1.807) is 12.5 Å². The largest absolute Gasteiger partial charge is 0.472 e. The molecule has 0 amide bonds. The molecule has 0 bridgehead atoms. The zero-order chi connectivity index (χ0) is 8.27. The SMILES string of the molecule is Cc1cocc1C(N)CCO. The Labute approximate surface area is 65.8 Å². The summed E-state index contributed by atoms with van der Waals surface area (Å²) in [7, 11) is 0. The summed E-state index contributed by atoms with van der Waals surface area (Å²) < 4.78 is 4.95. The Hall–Kier alpha value is -0.800. The summed E-state index contributed by atoms with van der Waals surface area (Å²) in [4.78, 5) is 0. The molecular weight excluding hydrogens is 142 g/mol. The average Bonchev–Trinajstić information content (AvgIpc) is 2.36. The van der Waals surface area contributed by atoms with Crippen molar-refractivity contribution in [3.05, 3.63) is 23.7 Å². The molecule has 0 radical (unpaired) electrons. The second-order valence-corrected chi connectivity index (χ2v) is 2.63. The number of furan rings is 1. The zero-order valence-corrected chi connectivity index (χ0v) is 6.58. The fourth-order valence-corrected chi connectivity index (χ4v) is 1.04. The van der Waals surface area contributed by atoms with Crippen LogP contribution in [0.15, 0.2) is 16.9 Å². The highest BCUT2D eigenvalue weighted by Crippen LogP contribution is 2.18. The van der Waals surface area contributed by atoms with Crippen LogP contribution in [0.1, 0.15) is 23.6 Å². The van der Waals surface area contributed by atoms with Crippen LogP contribution in [0.4, 0.5) is 0 Å².